The highest BCUT2D eigenvalue weighted by atomic mass is 28.4. The molecule has 0 radical (unpaired) electrons. The third-order valence-corrected chi connectivity index (χ3v) is 9.48. The zero-order chi connectivity index (χ0) is 17.6. The topological polar surface area (TPSA) is 29.5 Å². The molecule has 0 aliphatic carbocycles. The first kappa shape index (κ1) is 18.7. The molecule has 24 heavy (non-hydrogen) atoms. The molecule has 128 valence electrons. The second-order valence-corrected chi connectivity index (χ2v) is 11.4. The van der Waals surface area contributed by atoms with Crippen LogP contribution in [0.2, 0.25) is 5.04 Å². The quantitative estimate of drug-likeness (QED) is 0.644. The van der Waals surface area contributed by atoms with Crippen LogP contribution in [0.1, 0.15) is 27.7 Å². The van der Waals surface area contributed by atoms with E-state index in [-0.39, 0.29) is 11.6 Å². The van der Waals surface area contributed by atoms with Crippen LogP contribution in [0, 0.1) is 0 Å². The lowest BCUT2D eigenvalue weighted by molar-refractivity contribution is 0.279. The summed E-state index contributed by atoms with van der Waals surface area (Å²) in [6, 6.07) is 21.1. The van der Waals surface area contributed by atoms with E-state index in [1.165, 1.54) is 10.4 Å². The zero-order valence-corrected chi connectivity index (χ0v) is 16.1. The van der Waals surface area contributed by atoms with E-state index in [0.717, 1.165) is 5.57 Å². The number of aliphatic hydroxyl groups excluding tert-OH is 1. The van der Waals surface area contributed by atoms with Gasteiger partial charge in [0.15, 0.2) is 0 Å². The molecule has 2 rings (SSSR count). The Morgan fingerprint density at radius 1 is 0.958 bits per heavy atom. The third-order valence-electron chi connectivity index (χ3n) is 4.50. The lowest BCUT2D eigenvalue weighted by Gasteiger charge is -2.43. The maximum absolute atomic E-state index is 9.53. The third kappa shape index (κ3) is 3.69. The summed E-state index contributed by atoms with van der Waals surface area (Å²) < 4.78 is 6.72. The minimum absolute atomic E-state index is 0.0364. The van der Waals surface area contributed by atoms with Crippen LogP contribution >= 0.6 is 0 Å². The molecule has 0 bridgehead atoms. The number of hydrogen-bond acceptors (Lipinski definition) is 2. The molecule has 0 aliphatic rings. The predicted molar refractivity (Wildman–Crippen MR) is 104 cm³/mol. The van der Waals surface area contributed by atoms with Gasteiger partial charge in [-0.15, -0.1) is 0 Å². The Morgan fingerprint density at radius 2 is 1.42 bits per heavy atom. The van der Waals surface area contributed by atoms with Crippen molar-refractivity contribution in [2.75, 3.05) is 13.2 Å². The summed E-state index contributed by atoms with van der Waals surface area (Å²) in [5, 5.41) is 12.0. The summed E-state index contributed by atoms with van der Waals surface area (Å²) in [5.41, 5.74) is 0.919. The largest absolute Gasteiger partial charge is 0.403 e. The molecular formula is C21H28O2Si. The summed E-state index contributed by atoms with van der Waals surface area (Å²) in [7, 11) is -2.50. The average molecular weight is 341 g/mol. The van der Waals surface area contributed by atoms with Crippen LogP contribution in [0.4, 0.5) is 0 Å². The summed E-state index contributed by atoms with van der Waals surface area (Å²) in [6.45, 7) is 9.21. The van der Waals surface area contributed by atoms with E-state index in [4.69, 9.17) is 4.43 Å². The van der Waals surface area contributed by atoms with E-state index < -0.39 is 8.32 Å². The monoisotopic (exact) mass is 340 g/mol. The van der Waals surface area contributed by atoms with Crippen molar-refractivity contribution in [3.05, 3.63) is 72.3 Å². The minimum atomic E-state index is -2.50. The van der Waals surface area contributed by atoms with Crippen molar-refractivity contribution in [2.24, 2.45) is 0 Å². The Morgan fingerprint density at radius 3 is 1.75 bits per heavy atom. The standard InChI is InChI=1S/C21H28O2Si/c1-5-18(16-22)17-23-24(21(2,3)4,19-12-8-6-9-13-19)20-14-10-7-11-15-20/h5-15,22H,16-17H2,1-4H3/b18-5-. The summed E-state index contributed by atoms with van der Waals surface area (Å²) >= 11 is 0. The fourth-order valence-electron chi connectivity index (χ4n) is 3.18. The van der Waals surface area contributed by atoms with E-state index in [1.54, 1.807) is 0 Å². The van der Waals surface area contributed by atoms with E-state index >= 15 is 0 Å². The van der Waals surface area contributed by atoms with Crippen LogP contribution in [-0.4, -0.2) is 26.6 Å². The lowest BCUT2D eigenvalue weighted by Crippen LogP contribution is -2.66. The van der Waals surface area contributed by atoms with Crippen molar-refractivity contribution >= 4 is 18.7 Å². The summed E-state index contributed by atoms with van der Waals surface area (Å²) in [6.07, 6.45) is 1.94. The smallest absolute Gasteiger partial charge is 0.261 e. The van der Waals surface area contributed by atoms with Crippen molar-refractivity contribution < 1.29 is 9.53 Å². The van der Waals surface area contributed by atoms with Gasteiger partial charge in [-0.2, -0.15) is 0 Å². The molecule has 0 fully saturated rings. The first-order valence-electron chi connectivity index (χ1n) is 8.45. The van der Waals surface area contributed by atoms with Gasteiger partial charge in [0.25, 0.3) is 8.32 Å². The van der Waals surface area contributed by atoms with Crippen molar-refractivity contribution in [1.29, 1.82) is 0 Å². The van der Waals surface area contributed by atoms with Gasteiger partial charge in [0.2, 0.25) is 0 Å². The Balaban J connectivity index is 2.61. The molecule has 0 aromatic heterocycles. The molecule has 0 spiro atoms. The lowest BCUT2D eigenvalue weighted by atomic mass is 10.2. The molecule has 0 heterocycles. The summed E-state index contributed by atoms with van der Waals surface area (Å²) in [5.74, 6) is 0. The molecule has 0 unspecified atom stereocenters. The van der Waals surface area contributed by atoms with Gasteiger partial charge < -0.3 is 9.53 Å². The van der Waals surface area contributed by atoms with Gasteiger partial charge in [-0.3, -0.25) is 0 Å². The first-order chi connectivity index (χ1) is 11.5. The van der Waals surface area contributed by atoms with Crippen LogP contribution in [0.15, 0.2) is 72.3 Å². The minimum Gasteiger partial charge on any atom is -0.403 e. The van der Waals surface area contributed by atoms with Gasteiger partial charge in [0, 0.05) is 0 Å². The molecule has 0 atom stereocenters. The number of aliphatic hydroxyl groups is 1. The predicted octanol–water partition coefficient (Wildman–Crippen LogP) is 3.50. The number of benzene rings is 2. The Hall–Kier alpha value is -1.68. The molecule has 2 aromatic rings. The van der Waals surface area contributed by atoms with Gasteiger partial charge in [0.1, 0.15) is 0 Å². The molecule has 0 saturated heterocycles. The molecule has 0 saturated carbocycles. The van der Waals surface area contributed by atoms with Crippen molar-refractivity contribution in [3.63, 3.8) is 0 Å². The highest BCUT2D eigenvalue weighted by molar-refractivity contribution is 6.99. The SMILES string of the molecule is C/C=C(/CO)CO[Si](c1ccccc1)(c1ccccc1)C(C)(C)C. The van der Waals surface area contributed by atoms with Crippen LogP contribution < -0.4 is 10.4 Å². The Kier molecular flexibility index (Phi) is 6.16. The highest BCUT2D eigenvalue weighted by Crippen LogP contribution is 2.36. The van der Waals surface area contributed by atoms with E-state index in [1.807, 2.05) is 25.1 Å². The van der Waals surface area contributed by atoms with E-state index in [0.29, 0.717) is 6.61 Å². The van der Waals surface area contributed by atoms with E-state index in [2.05, 4.69) is 69.3 Å². The van der Waals surface area contributed by atoms with Crippen molar-refractivity contribution in [1.82, 2.24) is 0 Å². The van der Waals surface area contributed by atoms with Crippen LogP contribution in [0.25, 0.3) is 0 Å². The molecule has 0 amide bonds. The second-order valence-electron chi connectivity index (χ2n) is 7.06. The molecular weight excluding hydrogens is 312 g/mol. The van der Waals surface area contributed by atoms with Crippen LogP contribution in [-0.2, 0) is 4.43 Å². The van der Waals surface area contributed by atoms with Crippen molar-refractivity contribution in [2.45, 2.75) is 32.7 Å². The van der Waals surface area contributed by atoms with Crippen molar-refractivity contribution in [3.8, 4) is 0 Å². The molecule has 0 aliphatic heterocycles. The van der Waals surface area contributed by atoms with Gasteiger partial charge in [-0.1, -0.05) is 87.5 Å². The van der Waals surface area contributed by atoms with Gasteiger partial charge >= 0.3 is 0 Å². The van der Waals surface area contributed by atoms with Crippen LogP contribution in [0.5, 0.6) is 0 Å². The Labute approximate surface area is 146 Å². The fraction of sp³-hybridized carbons (Fsp3) is 0.333. The molecule has 2 aromatic carbocycles. The van der Waals surface area contributed by atoms with Gasteiger partial charge in [0.05, 0.1) is 13.2 Å². The maximum atomic E-state index is 9.53. The second kappa shape index (κ2) is 7.93. The van der Waals surface area contributed by atoms with E-state index in [9.17, 15) is 5.11 Å². The number of allylic oxidation sites excluding steroid dienone is 1. The fourth-order valence-corrected chi connectivity index (χ4v) is 7.74. The number of hydrogen-bond donors (Lipinski definition) is 1. The first-order valence-corrected chi connectivity index (χ1v) is 10.4. The molecule has 1 N–H and O–H groups in total. The zero-order valence-electron chi connectivity index (χ0n) is 15.1. The highest BCUT2D eigenvalue weighted by Gasteiger charge is 2.50. The average Bonchev–Trinajstić information content (AvgIpc) is 2.59. The maximum Gasteiger partial charge on any atom is 0.261 e. The Bertz CT molecular complexity index is 618. The van der Waals surface area contributed by atoms with Gasteiger partial charge in [-0.25, -0.2) is 0 Å². The normalized spacial score (nSPS) is 13.1. The molecule has 2 nitrogen and oxygen atoms in total. The summed E-state index contributed by atoms with van der Waals surface area (Å²) in [4.78, 5) is 0. The van der Waals surface area contributed by atoms with Gasteiger partial charge in [-0.05, 0) is 27.9 Å². The number of rotatable bonds is 6. The molecule has 3 heteroatoms. The van der Waals surface area contributed by atoms with Crippen LogP contribution in [0.3, 0.4) is 0 Å².